The monoisotopic (exact) mass is 591 g/mol. The van der Waals surface area contributed by atoms with E-state index in [9.17, 15) is 0 Å². The molecule has 0 N–H and O–H groups in total. The van der Waals surface area contributed by atoms with Gasteiger partial charge in [0.25, 0.3) is 0 Å². The number of nitrogens with zero attached hydrogens (tertiary/aromatic N) is 1. The predicted octanol–water partition coefficient (Wildman–Crippen LogP) is 12.6. The molecule has 0 fully saturated rings. The van der Waals surface area contributed by atoms with Gasteiger partial charge in [-0.15, -0.1) is 0 Å². The summed E-state index contributed by atoms with van der Waals surface area (Å²) in [5.41, 5.74) is 16.4. The van der Waals surface area contributed by atoms with Crippen LogP contribution in [-0.2, 0) is 5.41 Å². The van der Waals surface area contributed by atoms with Crippen LogP contribution in [0.2, 0.25) is 0 Å². The van der Waals surface area contributed by atoms with Crippen molar-refractivity contribution < 1.29 is 0 Å². The van der Waals surface area contributed by atoms with Crippen molar-refractivity contribution in [2.45, 2.75) is 33.1 Å². The van der Waals surface area contributed by atoms with E-state index in [1.54, 1.807) is 0 Å². The first-order valence-corrected chi connectivity index (χ1v) is 16.2. The normalized spacial score (nSPS) is 13.0. The molecule has 1 heteroatoms. The molecule has 0 saturated carbocycles. The van der Waals surface area contributed by atoms with Gasteiger partial charge in [0, 0.05) is 16.8 Å². The van der Waals surface area contributed by atoms with Crippen LogP contribution in [0.3, 0.4) is 0 Å². The number of hydrogen-bond donors (Lipinski definition) is 0. The minimum Gasteiger partial charge on any atom is -0.310 e. The molecule has 7 aromatic carbocycles. The lowest BCUT2D eigenvalue weighted by Gasteiger charge is -2.31. The standard InChI is InChI=1S/C45H37N/c1-30-27-35(39-19-12-16-34-15-8-9-17-38(34)39)28-31(2)44(30)46(36-23-21-33(22-24-36)32-13-6-5-7-14-32)37-25-26-41-40-18-10-11-20-42(40)45(3,4)43(41)29-37/h5-29H,1-4H3. The molecule has 0 aliphatic heterocycles. The largest absolute Gasteiger partial charge is 0.310 e. The van der Waals surface area contributed by atoms with E-state index in [-0.39, 0.29) is 5.41 Å². The van der Waals surface area contributed by atoms with Crippen molar-refractivity contribution in [3.8, 4) is 33.4 Å². The fourth-order valence-electron chi connectivity index (χ4n) is 7.61. The summed E-state index contributed by atoms with van der Waals surface area (Å²) in [5.74, 6) is 0. The van der Waals surface area contributed by atoms with Crippen LogP contribution in [-0.4, -0.2) is 0 Å². The molecule has 1 aliphatic rings. The Kier molecular flexibility index (Phi) is 6.65. The summed E-state index contributed by atoms with van der Waals surface area (Å²) in [6.07, 6.45) is 0. The van der Waals surface area contributed by atoms with Gasteiger partial charge in [-0.3, -0.25) is 0 Å². The van der Waals surface area contributed by atoms with Crippen LogP contribution < -0.4 is 4.90 Å². The number of benzene rings is 7. The fraction of sp³-hybridized carbons (Fsp3) is 0.111. The van der Waals surface area contributed by atoms with Gasteiger partial charge in [-0.1, -0.05) is 129 Å². The van der Waals surface area contributed by atoms with Gasteiger partial charge >= 0.3 is 0 Å². The molecule has 0 atom stereocenters. The topological polar surface area (TPSA) is 3.24 Å². The van der Waals surface area contributed by atoms with Crippen molar-refractivity contribution in [1.82, 2.24) is 0 Å². The maximum absolute atomic E-state index is 2.46. The number of anilines is 3. The van der Waals surface area contributed by atoms with Gasteiger partial charge in [-0.05, 0) is 117 Å². The molecule has 0 saturated heterocycles. The van der Waals surface area contributed by atoms with Gasteiger partial charge in [0.15, 0.2) is 0 Å². The van der Waals surface area contributed by atoms with Gasteiger partial charge in [0.05, 0.1) is 5.69 Å². The molecule has 0 spiro atoms. The van der Waals surface area contributed by atoms with Crippen molar-refractivity contribution in [3.05, 3.63) is 174 Å². The maximum atomic E-state index is 2.46. The summed E-state index contributed by atoms with van der Waals surface area (Å²) in [4.78, 5) is 2.46. The third-order valence-corrected chi connectivity index (χ3v) is 9.87. The highest BCUT2D eigenvalue weighted by Gasteiger charge is 2.35. The van der Waals surface area contributed by atoms with E-state index in [4.69, 9.17) is 0 Å². The van der Waals surface area contributed by atoms with Crippen molar-refractivity contribution >= 4 is 27.8 Å². The highest BCUT2D eigenvalue weighted by molar-refractivity contribution is 5.97. The van der Waals surface area contributed by atoms with Crippen molar-refractivity contribution in [2.75, 3.05) is 4.90 Å². The Hall–Kier alpha value is -5.40. The molecule has 7 aromatic rings. The van der Waals surface area contributed by atoms with E-state index in [2.05, 4.69) is 184 Å². The lowest BCUT2D eigenvalue weighted by molar-refractivity contribution is 0.660. The minimum absolute atomic E-state index is 0.0763. The average Bonchev–Trinajstić information content (AvgIpc) is 3.32. The Balaban J connectivity index is 1.30. The van der Waals surface area contributed by atoms with Gasteiger partial charge in [0.2, 0.25) is 0 Å². The summed E-state index contributed by atoms with van der Waals surface area (Å²) in [6, 6.07) is 55.6. The quantitative estimate of drug-likeness (QED) is 0.192. The van der Waals surface area contributed by atoms with Crippen molar-refractivity contribution in [1.29, 1.82) is 0 Å². The first-order chi connectivity index (χ1) is 22.4. The highest BCUT2D eigenvalue weighted by Crippen LogP contribution is 2.51. The van der Waals surface area contributed by atoms with Crippen LogP contribution in [0.5, 0.6) is 0 Å². The van der Waals surface area contributed by atoms with Crippen LogP contribution in [0.25, 0.3) is 44.2 Å². The molecule has 0 aromatic heterocycles. The van der Waals surface area contributed by atoms with Gasteiger partial charge < -0.3 is 4.90 Å². The Morgan fingerprint density at radius 2 is 1.02 bits per heavy atom. The zero-order valence-electron chi connectivity index (χ0n) is 26.9. The number of rotatable bonds is 5. The lowest BCUT2D eigenvalue weighted by atomic mass is 9.82. The molecule has 0 heterocycles. The van der Waals surface area contributed by atoms with Crippen LogP contribution in [0.4, 0.5) is 17.1 Å². The van der Waals surface area contributed by atoms with E-state index >= 15 is 0 Å². The highest BCUT2D eigenvalue weighted by atomic mass is 15.1. The first kappa shape index (κ1) is 28.1. The SMILES string of the molecule is Cc1cc(-c2cccc3ccccc23)cc(C)c1N(c1ccc(-c2ccccc2)cc1)c1ccc2c(c1)C(C)(C)c1ccccc1-2. The molecule has 0 amide bonds. The molecule has 1 aliphatic carbocycles. The summed E-state index contributed by atoms with van der Waals surface area (Å²) in [6.45, 7) is 9.23. The van der Waals surface area contributed by atoms with Crippen LogP contribution in [0, 0.1) is 13.8 Å². The lowest BCUT2D eigenvalue weighted by Crippen LogP contribution is -2.17. The van der Waals surface area contributed by atoms with E-state index < -0.39 is 0 Å². The summed E-state index contributed by atoms with van der Waals surface area (Å²) < 4.78 is 0. The van der Waals surface area contributed by atoms with E-state index in [1.807, 2.05) is 0 Å². The Labute approximate surface area is 272 Å². The zero-order valence-corrected chi connectivity index (χ0v) is 26.9. The maximum Gasteiger partial charge on any atom is 0.0520 e. The second-order valence-corrected chi connectivity index (χ2v) is 13.1. The third kappa shape index (κ3) is 4.54. The first-order valence-electron chi connectivity index (χ1n) is 16.2. The average molecular weight is 592 g/mol. The van der Waals surface area contributed by atoms with E-state index in [1.165, 1.54) is 77.8 Å². The Morgan fingerprint density at radius 3 is 1.80 bits per heavy atom. The van der Waals surface area contributed by atoms with Gasteiger partial charge in [-0.25, -0.2) is 0 Å². The van der Waals surface area contributed by atoms with Gasteiger partial charge in [0.1, 0.15) is 0 Å². The van der Waals surface area contributed by atoms with Gasteiger partial charge in [-0.2, -0.15) is 0 Å². The summed E-state index contributed by atoms with van der Waals surface area (Å²) >= 11 is 0. The predicted molar refractivity (Wildman–Crippen MR) is 197 cm³/mol. The third-order valence-electron chi connectivity index (χ3n) is 9.87. The molecule has 0 unspecified atom stereocenters. The van der Waals surface area contributed by atoms with Crippen LogP contribution >= 0.6 is 0 Å². The van der Waals surface area contributed by atoms with E-state index in [0.717, 1.165) is 5.69 Å². The van der Waals surface area contributed by atoms with E-state index in [0.29, 0.717) is 0 Å². The number of aryl methyl sites for hydroxylation is 2. The molecule has 1 nitrogen and oxygen atoms in total. The summed E-state index contributed by atoms with van der Waals surface area (Å²) in [7, 11) is 0. The Morgan fingerprint density at radius 1 is 0.435 bits per heavy atom. The minimum atomic E-state index is -0.0763. The molecular formula is C45H37N. The molecule has 8 rings (SSSR count). The Bertz CT molecular complexity index is 2210. The molecular weight excluding hydrogens is 555 g/mol. The molecule has 0 radical (unpaired) electrons. The van der Waals surface area contributed by atoms with Crippen molar-refractivity contribution in [3.63, 3.8) is 0 Å². The second kappa shape index (κ2) is 10.9. The number of fused-ring (bicyclic) bond motifs is 4. The summed E-state index contributed by atoms with van der Waals surface area (Å²) in [5, 5.41) is 2.55. The number of hydrogen-bond acceptors (Lipinski definition) is 1. The van der Waals surface area contributed by atoms with Crippen LogP contribution in [0.1, 0.15) is 36.1 Å². The molecule has 46 heavy (non-hydrogen) atoms. The smallest absolute Gasteiger partial charge is 0.0520 e. The molecule has 222 valence electrons. The molecule has 0 bridgehead atoms. The van der Waals surface area contributed by atoms with Crippen LogP contribution in [0.15, 0.2) is 152 Å². The van der Waals surface area contributed by atoms with Crippen molar-refractivity contribution in [2.24, 2.45) is 0 Å². The fourth-order valence-corrected chi connectivity index (χ4v) is 7.61. The second-order valence-electron chi connectivity index (χ2n) is 13.1. The zero-order chi connectivity index (χ0) is 31.4.